The minimum atomic E-state index is -1.50. The lowest BCUT2D eigenvalue weighted by Crippen LogP contribution is -2.36. The van der Waals surface area contributed by atoms with E-state index in [2.05, 4.69) is 10.2 Å². The van der Waals surface area contributed by atoms with Crippen LogP contribution in [0, 0.1) is 0 Å². The minimum Gasteiger partial charge on any atom is -0.497 e. The van der Waals surface area contributed by atoms with Crippen LogP contribution in [0.5, 0.6) is 23.0 Å². The van der Waals surface area contributed by atoms with E-state index in [4.69, 9.17) is 42.3 Å². The number of benzene rings is 2. The Hall–Kier alpha value is -3.04. The van der Waals surface area contributed by atoms with Crippen LogP contribution in [-0.2, 0) is 9.59 Å². The Morgan fingerprint density at radius 2 is 1.65 bits per heavy atom. The molecule has 1 unspecified atom stereocenters. The highest BCUT2D eigenvalue weighted by Gasteiger charge is 2.29. The van der Waals surface area contributed by atoms with Crippen molar-refractivity contribution in [2.24, 2.45) is 10.2 Å². The first-order valence-electron chi connectivity index (χ1n) is 8.81. The number of anilines is 1. The second kappa shape index (κ2) is 10.8. The molecule has 0 aliphatic carbocycles. The molecule has 0 radical (unpaired) electrons. The van der Waals surface area contributed by atoms with Crippen molar-refractivity contribution in [1.82, 2.24) is 0 Å². The lowest BCUT2D eigenvalue weighted by molar-refractivity contribution is -0.126. The maximum Gasteiger partial charge on any atom is 0.276 e. The molecule has 166 valence electrons. The Balaban J connectivity index is 2.37. The summed E-state index contributed by atoms with van der Waals surface area (Å²) in [6.45, 7) is 1.21. The van der Waals surface area contributed by atoms with Crippen LogP contribution < -0.4 is 23.4 Å². The molecule has 0 aliphatic heterocycles. The third-order valence-corrected chi connectivity index (χ3v) is 4.77. The molecule has 9 nitrogen and oxygen atoms in total. The molecule has 0 bridgehead atoms. The molecule has 2 aromatic rings. The van der Waals surface area contributed by atoms with Gasteiger partial charge >= 0.3 is 0 Å². The van der Waals surface area contributed by atoms with Gasteiger partial charge in [-0.25, -0.2) is 4.42 Å². The fraction of sp³-hybridized carbons (Fsp3) is 0.300. The predicted octanol–water partition coefficient (Wildman–Crippen LogP) is 4.60. The van der Waals surface area contributed by atoms with Crippen molar-refractivity contribution < 1.29 is 28.5 Å². The van der Waals surface area contributed by atoms with E-state index in [1.54, 1.807) is 6.07 Å². The van der Waals surface area contributed by atoms with Crippen LogP contribution in [0.3, 0.4) is 0 Å². The van der Waals surface area contributed by atoms with Gasteiger partial charge in [0.1, 0.15) is 11.4 Å². The van der Waals surface area contributed by atoms with Gasteiger partial charge in [-0.15, -0.1) is 0 Å². The quantitative estimate of drug-likeness (QED) is 0.302. The van der Waals surface area contributed by atoms with Gasteiger partial charge < -0.3 is 18.9 Å². The first kappa shape index (κ1) is 24.2. The average molecular weight is 470 g/mol. The number of halogens is 2. The Bertz CT molecular complexity index is 999. The molecule has 0 saturated carbocycles. The van der Waals surface area contributed by atoms with Crippen molar-refractivity contribution in [3.8, 4) is 23.0 Å². The zero-order valence-electron chi connectivity index (χ0n) is 17.5. The van der Waals surface area contributed by atoms with Crippen molar-refractivity contribution in [3.63, 3.8) is 0 Å². The van der Waals surface area contributed by atoms with E-state index in [9.17, 15) is 9.59 Å². The maximum absolute atomic E-state index is 12.9. The molecule has 0 fully saturated rings. The average Bonchev–Trinajstić information content (AvgIpc) is 2.77. The molecule has 11 heteroatoms. The summed E-state index contributed by atoms with van der Waals surface area (Å²) in [6.07, 6.45) is 0. The number of carbonyl (C=O) groups is 2. The summed E-state index contributed by atoms with van der Waals surface area (Å²) in [7, 11) is 5.78. The summed E-state index contributed by atoms with van der Waals surface area (Å²) >= 11 is 12.3. The number of carbonyl (C=O) groups excluding carboxylic acids is 2. The number of hydrogen-bond acceptors (Lipinski definition) is 8. The topological polar surface area (TPSA) is 99.0 Å². The number of hydrogen-bond donors (Lipinski definition) is 0. The van der Waals surface area contributed by atoms with E-state index in [1.165, 1.54) is 59.6 Å². The predicted molar refractivity (Wildman–Crippen MR) is 116 cm³/mol. The molecule has 0 N–H and O–H groups in total. The number of azo groups is 1. The maximum atomic E-state index is 12.9. The van der Waals surface area contributed by atoms with Gasteiger partial charge in [0, 0.05) is 30.0 Å². The van der Waals surface area contributed by atoms with Gasteiger partial charge in [0.15, 0.2) is 23.0 Å². The van der Waals surface area contributed by atoms with Gasteiger partial charge in [-0.3, -0.25) is 9.59 Å². The molecule has 1 atom stereocenters. The first-order chi connectivity index (χ1) is 14.8. The molecule has 2 rings (SSSR count). The van der Waals surface area contributed by atoms with Gasteiger partial charge in [0.2, 0.25) is 6.04 Å². The summed E-state index contributed by atoms with van der Waals surface area (Å²) in [6, 6.07) is 6.13. The number of Topliss-reactive ketones (excluding diaryl/α,β-unsaturated/α-hetero) is 1. The van der Waals surface area contributed by atoms with Crippen molar-refractivity contribution in [3.05, 3.63) is 35.4 Å². The summed E-state index contributed by atoms with van der Waals surface area (Å²) in [4.78, 5) is 25.0. The summed E-state index contributed by atoms with van der Waals surface area (Å²) in [5.41, 5.74) is 0.436. The van der Waals surface area contributed by atoms with Crippen LogP contribution in [0.1, 0.15) is 6.92 Å². The summed E-state index contributed by atoms with van der Waals surface area (Å²) in [5.74, 6) is 0.0491. The molecular weight excluding hydrogens is 449 g/mol. The molecule has 0 aromatic heterocycles. The highest BCUT2D eigenvalue weighted by atomic mass is 35.5. The zero-order valence-corrected chi connectivity index (χ0v) is 19.0. The number of methoxy groups -OCH3 is 4. The Kier molecular flexibility index (Phi) is 8.47. The normalized spacial score (nSPS) is 11.7. The van der Waals surface area contributed by atoms with E-state index in [1.807, 2.05) is 0 Å². The van der Waals surface area contributed by atoms with Crippen LogP contribution in [0.15, 0.2) is 40.6 Å². The van der Waals surface area contributed by atoms with Crippen LogP contribution >= 0.6 is 23.4 Å². The molecule has 0 saturated heterocycles. The fourth-order valence-corrected chi connectivity index (χ4v) is 3.03. The summed E-state index contributed by atoms with van der Waals surface area (Å²) in [5, 5.41) is 8.11. The van der Waals surface area contributed by atoms with Crippen LogP contribution in [0.4, 0.5) is 11.4 Å². The van der Waals surface area contributed by atoms with Gasteiger partial charge in [0.25, 0.3) is 5.91 Å². The third kappa shape index (κ3) is 5.56. The van der Waals surface area contributed by atoms with Crippen LogP contribution in [-0.4, -0.2) is 46.2 Å². The lowest BCUT2D eigenvalue weighted by atomic mass is 10.2. The molecule has 2 aromatic carbocycles. The standard InChI is InChI=1S/C20H21Cl2N3O6/c1-11(26)18(24-23-15-10-13(28-2)9-14(21)19(15)31-5)20(27)25(22)12-6-7-16(29-3)17(8-12)30-4/h6-10,18H,1-5H3. The van der Waals surface area contributed by atoms with Gasteiger partial charge in [-0.1, -0.05) is 11.6 Å². The molecule has 0 spiro atoms. The first-order valence-corrected chi connectivity index (χ1v) is 9.53. The Labute approximate surface area is 189 Å². The fourth-order valence-electron chi connectivity index (χ4n) is 2.56. The Morgan fingerprint density at radius 3 is 2.19 bits per heavy atom. The smallest absolute Gasteiger partial charge is 0.276 e. The van der Waals surface area contributed by atoms with E-state index < -0.39 is 17.7 Å². The van der Waals surface area contributed by atoms with Crippen molar-refractivity contribution in [2.75, 3.05) is 32.9 Å². The van der Waals surface area contributed by atoms with E-state index in [0.717, 1.165) is 4.42 Å². The SMILES string of the molecule is COc1cc(Cl)c(OC)c(N=NC(C(C)=O)C(=O)N(Cl)c2ccc(OC)c(OC)c2)c1. The van der Waals surface area contributed by atoms with E-state index >= 15 is 0 Å². The van der Waals surface area contributed by atoms with E-state index in [0.29, 0.717) is 17.2 Å². The second-order valence-electron chi connectivity index (χ2n) is 6.05. The Morgan fingerprint density at radius 1 is 0.968 bits per heavy atom. The van der Waals surface area contributed by atoms with E-state index in [-0.39, 0.29) is 22.1 Å². The molecule has 31 heavy (non-hydrogen) atoms. The van der Waals surface area contributed by atoms with Gasteiger partial charge in [-0.2, -0.15) is 10.2 Å². The second-order valence-corrected chi connectivity index (χ2v) is 6.79. The minimum absolute atomic E-state index is 0.179. The van der Waals surface area contributed by atoms with Crippen molar-refractivity contribution in [1.29, 1.82) is 0 Å². The highest BCUT2D eigenvalue weighted by molar-refractivity contribution is 6.39. The van der Waals surface area contributed by atoms with Crippen molar-refractivity contribution >= 4 is 46.4 Å². The zero-order chi connectivity index (χ0) is 23.1. The van der Waals surface area contributed by atoms with Crippen molar-refractivity contribution in [2.45, 2.75) is 13.0 Å². The molecular formula is C20H21Cl2N3O6. The lowest BCUT2D eigenvalue weighted by Gasteiger charge is -2.18. The number of amides is 1. The number of ether oxygens (including phenoxy) is 4. The van der Waals surface area contributed by atoms with Gasteiger partial charge in [0.05, 0.1) is 39.1 Å². The number of ketones is 1. The number of rotatable bonds is 9. The van der Waals surface area contributed by atoms with Crippen LogP contribution in [0.25, 0.3) is 0 Å². The molecule has 0 aliphatic rings. The molecule has 0 heterocycles. The largest absolute Gasteiger partial charge is 0.497 e. The molecule has 1 amide bonds. The highest BCUT2D eigenvalue weighted by Crippen LogP contribution is 2.39. The van der Waals surface area contributed by atoms with Crippen LogP contribution in [0.2, 0.25) is 5.02 Å². The number of nitrogens with zero attached hydrogens (tertiary/aromatic N) is 3. The monoisotopic (exact) mass is 469 g/mol. The third-order valence-electron chi connectivity index (χ3n) is 4.12. The van der Waals surface area contributed by atoms with Gasteiger partial charge in [-0.05, 0) is 19.1 Å². The summed E-state index contributed by atoms with van der Waals surface area (Å²) < 4.78 is 21.5.